The van der Waals surface area contributed by atoms with Gasteiger partial charge in [-0.3, -0.25) is 10.1 Å². The van der Waals surface area contributed by atoms with E-state index in [1.807, 2.05) is 0 Å². The van der Waals surface area contributed by atoms with E-state index in [4.69, 9.17) is 4.74 Å². The first-order valence-corrected chi connectivity index (χ1v) is 5.21. The number of nitrogens with zero attached hydrogens (tertiary/aromatic N) is 1. The van der Waals surface area contributed by atoms with Crippen LogP contribution in [0.5, 0.6) is 5.75 Å². The van der Waals surface area contributed by atoms with Crippen LogP contribution in [0.4, 0.5) is 11.4 Å². The first-order valence-electron chi connectivity index (χ1n) is 5.21. The maximum absolute atomic E-state index is 11.0. The van der Waals surface area contributed by atoms with Crippen molar-refractivity contribution in [3.05, 3.63) is 28.3 Å². The topological polar surface area (TPSA) is 64.4 Å². The molecule has 0 saturated heterocycles. The molecule has 2 unspecified atom stereocenters. The molecule has 5 heteroatoms. The zero-order valence-electron chi connectivity index (χ0n) is 9.27. The molecule has 0 amide bonds. The third-order valence-corrected chi connectivity index (χ3v) is 2.85. The summed E-state index contributed by atoms with van der Waals surface area (Å²) in [5.74, 6) is 0.883. The molecule has 1 aliphatic rings. The lowest BCUT2D eigenvalue weighted by molar-refractivity contribution is -0.384. The summed E-state index contributed by atoms with van der Waals surface area (Å²) in [6.45, 7) is 2.11. The number of nitrogens with one attached hydrogen (secondary N) is 1. The summed E-state index contributed by atoms with van der Waals surface area (Å²) in [6.07, 6.45) is 1.06. The first kappa shape index (κ1) is 10.7. The Morgan fingerprint density at radius 2 is 2.25 bits per heavy atom. The van der Waals surface area contributed by atoms with E-state index in [2.05, 4.69) is 12.2 Å². The fourth-order valence-electron chi connectivity index (χ4n) is 1.71. The second kappa shape index (κ2) is 4.00. The summed E-state index contributed by atoms with van der Waals surface area (Å²) in [5, 5.41) is 14.1. The third kappa shape index (κ3) is 1.93. The van der Waals surface area contributed by atoms with Crippen molar-refractivity contribution in [3.8, 4) is 5.75 Å². The molecule has 1 aromatic rings. The van der Waals surface area contributed by atoms with Gasteiger partial charge in [-0.25, -0.2) is 0 Å². The lowest BCUT2D eigenvalue weighted by atomic mass is 10.2. The van der Waals surface area contributed by atoms with Crippen LogP contribution in [0.15, 0.2) is 18.2 Å². The van der Waals surface area contributed by atoms with Gasteiger partial charge in [-0.2, -0.15) is 0 Å². The van der Waals surface area contributed by atoms with E-state index in [0.717, 1.165) is 6.42 Å². The Bertz CT molecular complexity index is 420. The molecule has 1 aromatic carbocycles. The highest BCUT2D eigenvalue weighted by Gasteiger charge is 2.34. The van der Waals surface area contributed by atoms with Crippen LogP contribution in [0.2, 0.25) is 0 Å². The Morgan fingerprint density at radius 1 is 1.56 bits per heavy atom. The van der Waals surface area contributed by atoms with Crippen LogP contribution >= 0.6 is 0 Å². The third-order valence-electron chi connectivity index (χ3n) is 2.85. The normalized spacial score (nSPS) is 22.6. The zero-order chi connectivity index (χ0) is 11.7. The van der Waals surface area contributed by atoms with Gasteiger partial charge in [-0.05, 0) is 24.5 Å². The van der Waals surface area contributed by atoms with Crippen LogP contribution in [0, 0.1) is 16.0 Å². The van der Waals surface area contributed by atoms with Crippen LogP contribution in [0.1, 0.15) is 13.3 Å². The molecule has 2 rings (SSSR count). The predicted molar refractivity (Wildman–Crippen MR) is 60.8 cm³/mol. The van der Waals surface area contributed by atoms with Gasteiger partial charge >= 0.3 is 5.69 Å². The molecule has 0 bridgehead atoms. The molecule has 2 atom stereocenters. The Hall–Kier alpha value is -1.78. The standard InChI is InChI=1S/C11H14N2O3/c1-7-6-9(7)12-8-4-3-5-10(16-2)11(8)13(14)15/h3-5,7,9,12H,6H2,1-2H3. The molecule has 5 nitrogen and oxygen atoms in total. The molecule has 86 valence electrons. The van der Waals surface area contributed by atoms with Gasteiger partial charge in [-0.15, -0.1) is 0 Å². The number of rotatable bonds is 4. The van der Waals surface area contributed by atoms with Crippen molar-refractivity contribution < 1.29 is 9.66 Å². The van der Waals surface area contributed by atoms with Gasteiger partial charge < -0.3 is 10.1 Å². The van der Waals surface area contributed by atoms with Crippen molar-refractivity contribution in [2.45, 2.75) is 19.4 Å². The summed E-state index contributed by atoms with van der Waals surface area (Å²) < 4.78 is 4.99. The minimum atomic E-state index is -0.409. The Morgan fingerprint density at radius 3 is 2.75 bits per heavy atom. The van der Waals surface area contributed by atoms with Gasteiger partial charge in [0.25, 0.3) is 0 Å². The lowest BCUT2D eigenvalue weighted by Crippen LogP contribution is -2.06. The fraction of sp³-hybridized carbons (Fsp3) is 0.455. The second-order valence-electron chi connectivity index (χ2n) is 4.08. The van der Waals surface area contributed by atoms with E-state index in [0.29, 0.717) is 23.4 Å². The van der Waals surface area contributed by atoms with Crippen molar-refractivity contribution in [3.63, 3.8) is 0 Å². The average molecular weight is 222 g/mol. The van der Waals surface area contributed by atoms with Gasteiger partial charge in [0.2, 0.25) is 0 Å². The van der Waals surface area contributed by atoms with Crippen LogP contribution in [0.25, 0.3) is 0 Å². The second-order valence-corrected chi connectivity index (χ2v) is 4.08. The van der Waals surface area contributed by atoms with Crippen molar-refractivity contribution in [2.24, 2.45) is 5.92 Å². The molecule has 1 aliphatic carbocycles. The van der Waals surface area contributed by atoms with Crippen LogP contribution in [-0.4, -0.2) is 18.1 Å². The summed E-state index contributed by atoms with van der Waals surface area (Å²) in [7, 11) is 1.44. The number of para-hydroxylation sites is 1. The molecular weight excluding hydrogens is 208 g/mol. The van der Waals surface area contributed by atoms with Gasteiger partial charge in [0, 0.05) is 6.04 Å². The molecular formula is C11H14N2O3. The van der Waals surface area contributed by atoms with E-state index in [9.17, 15) is 10.1 Å². The maximum Gasteiger partial charge on any atom is 0.333 e. The minimum absolute atomic E-state index is 0.0177. The smallest absolute Gasteiger partial charge is 0.333 e. The summed E-state index contributed by atoms with van der Waals surface area (Å²) in [4.78, 5) is 10.6. The van der Waals surface area contributed by atoms with E-state index in [-0.39, 0.29) is 5.69 Å². The Kier molecular flexibility index (Phi) is 2.68. The highest BCUT2D eigenvalue weighted by Crippen LogP contribution is 2.39. The molecule has 1 N–H and O–H groups in total. The molecule has 0 heterocycles. The van der Waals surface area contributed by atoms with Gasteiger partial charge in [0.05, 0.1) is 12.0 Å². The van der Waals surface area contributed by atoms with Gasteiger partial charge in [-0.1, -0.05) is 13.0 Å². The number of nitro benzene ring substituents is 1. The molecule has 1 fully saturated rings. The number of methoxy groups -OCH3 is 1. The predicted octanol–water partition coefficient (Wildman–Crippen LogP) is 2.42. The van der Waals surface area contributed by atoms with E-state index in [1.54, 1.807) is 18.2 Å². The Labute approximate surface area is 93.6 Å². The minimum Gasteiger partial charge on any atom is -0.490 e. The van der Waals surface area contributed by atoms with Gasteiger partial charge in [0.1, 0.15) is 5.69 Å². The van der Waals surface area contributed by atoms with E-state index >= 15 is 0 Å². The fourth-order valence-corrected chi connectivity index (χ4v) is 1.71. The number of hydrogen-bond donors (Lipinski definition) is 1. The lowest BCUT2D eigenvalue weighted by Gasteiger charge is -2.08. The number of nitro groups is 1. The number of ether oxygens (including phenoxy) is 1. The Balaban J connectivity index is 2.31. The van der Waals surface area contributed by atoms with Crippen molar-refractivity contribution in [1.29, 1.82) is 0 Å². The molecule has 16 heavy (non-hydrogen) atoms. The van der Waals surface area contributed by atoms with E-state index < -0.39 is 4.92 Å². The quantitative estimate of drug-likeness (QED) is 0.627. The highest BCUT2D eigenvalue weighted by atomic mass is 16.6. The highest BCUT2D eigenvalue weighted by molar-refractivity contribution is 5.69. The molecule has 0 aromatic heterocycles. The number of benzene rings is 1. The average Bonchev–Trinajstić information content (AvgIpc) is 2.93. The molecule has 0 radical (unpaired) electrons. The van der Waals surface area contributed by atoms with Crippen LogP contribution < -0.4 is 10.1 Å². The maximum atomic E-state index is 11.0. The van der Waals surface area contributed by atoms with Crippen molar-refractivity contribution >= 4 is 11.4 Å². The monoisotopic (exact) mass is 222 g/mol. The van der Waals surface area contributed by atoms with Crippen LogP contribution in [0.3, 0.4) is 0 Å². The molecule has 0 spiro atoms. The number of anilines is 1. The zero-order valence-corrected chi connectivity index (χ0v) is 9.27. The van der Waals surface area contributed by atoms with Crippen LogP contribution in [-0.2, 0) is 0 Å². The number of hydrogen-bond acceptors (Lipinski definition) is 4. The summed E-state index contributed by atoms with van der Waals surface area (Å²) >= 11 is 0. The van der Waals surface area contributed by atoms with Gasteiger partial charge in [0.15, 0.2) is 5.75 Å². The van der Waals surface area contributed by atoms with E-state index in [1.165, 1.54) is 7.11 Å². The largest absolute Gasteiger partial charge is 0.490 e. The first-order chi connectivity index (χ1) is 7.63. The molecule has 0 aliphatic heterocycles. The SMILES string of the molecule is COc1cccc(NC2CC2C)c1[N+](=O)[O-]. The summed E-state index contributed by atoms with van der Waals surface area (Å²) in [5.41, 5.74) is 0.558. The van der Waals surface area contributed by atoms with Crippen molar-refractivity contribution in [2.75, 3.05) is 12.4 Å². The molecule has 1 saturated carbocycles. The van der Waals surface area contributed by atoms with Crippen molar-refractivity contribution in [1.82, 2.24) is 0 Å². The summed E-state index contributed by atoms with van der Waals surface area (Å²) in [6, 6.07) is 5.41.